The number of hydrogen-bond acceptors (Lipinski definition) is 4. The van der Waals surface area contributed by atoms with Crippen molar-refractivity contribution in [1.29, 1.82) is 0 Å². The van der Waals surface area contributed by atoms with Gasteiger partial charge in [0.2, 0.25) is 5.95 Å². The molecule has 0 bridgehead atoms. The third-order valence-electron chi connectivity index (χ3n) is 5.92. The summed E-state index contributed by atoms with van der Waals surface area (Å²) in [6.07, 6.45) is 0.723. The van der Waals surface area contributed by atoms with Crippen LogP contribution in [0, 0.1) is 5.41 Å². The first kappa shape index (κ1) is 17.8. The Hall–Kier alpha value is -2.32. The molecule has 1 aromatic carbocycles. The first-order valence-electron chi connectivity index (χ1n) is 9.42. The fourth-order valence-electron chi connectivity index (χ4n) is 4.52. The summed E-state index contributed by atoms with van der Waals surface area (Å²) in [5.74, 6) is 0.0917. The summed E-state index contributed by atoms with van der Waals surface area (Å²) in [4.78, 5) is 17.4. The third kappa shape index (κ3) is 2.91. The van der Waals surface area contributed by atoms with E-state index in [0.29, 0.717) is 11.4 Å². The van der Waals surface area contributed by atoms with Gasteiger partial charge >= 0.3 is 0 Å². The van der Waals surface area contributed by atoms with Crippen molar-refractivity contribution in [1.82, 2.24) is 14.9 Å². The number of imidazole rings is 1. The molecule has 2 aliphatic rings. The topological polar surface area (TPSA) is 59.0 Å². The molecule has 5 nitrogen and oxygen atoms in total. The van der Waals surface area contributed by atoms with Gasteiger partial charge in [0.1, 0.15) is 0 Å². The third-order valence-corrected chi connectivity index (χ3v) is 7.01. The van der Waals surface area contributed by atoms with Crippen LogP contribution >= 0.6 is 11.3 Å². The van der Waals surface area contributed by atoms with Crippen molar-refractivity contribution in [2.45, 2.75) is 31.7 Å². The maximum absolute atomic E-state index is 12.8. The Morgan fingerprint density at radius 1 is 1.29 bits per heavy atom. The Morgan fingerprint density at radius 2 is 2.11 bits per heavy atom. The van der Waals surface area contributed by atoms with Gasteiger partial charge in [-0.1, -0.05) is 12.1 Å². The van der Waals surface area contributed by atoms with Gasteiger partial charge in [0, 0.05) is 12.6 Å². The lowest BCUT2D eigenvalue weighted by Crippen LogP contribution is -2.40. The van der Waals surface area contributed by atoms with Gasteiger partial charge in [-0.3, -0.25) is 10.1 Å². The second-order valence-corrected chi connectivity index (χ2v) is 8.86. The molecular weight excluding hydrogens is 382 g/mol. The van der Waals surface area contributed by atoms with E-state index in [1.807, 2.05) is 24.3 Å². The number of nitrogens with one attached hydrogen (secondary N) is 2. The summed E-state index contributed by atoms with van der Waals surface area (Å²) in [7, 11) is 0. The molecule has 2 fully saturated rings. The number of carbonyl (C=O) groups is 1. The molecule has 1 aliphatic carbocycles. The number of halogens is 2. The number of aromatic nitrogens is 2. The largest absolute Gasteiger partial charge is 0.316 e. The number of amides is 1. The van der Waals surface area contributed by atoms with Crippen LogP contribution in [0.25, 0.3) is 11.0 Å². The standard InChI is InChI=1S/C20H20F2N4OS/c21-17(22)15-5-6-16(28-15)18(27)25-19-24-13-3-1-2-4-14(13)26(19)12-9-20(10-12)7-8-23-11-20/h1-6,12,17,23H,7-11H2,(H,24,25,27). The highest BCUT2D eigenvalue weighted by Crippen LogP contribution is 2.53. The number of para-hydroxylation sites is 2. The van der Waals surface area contributed by atoms with Crippen molar-refractivity contribution in [3.63, 3.8) is 0 Å². The Kier molecular flexibility index (Phi) is 4.21. The number of anilines is 1. The maximum atomic E-state index is 12.8. The number of carbonyl (C=O) groups excluding carboxylic acids is 1. The summed E-state index contributed by atoms with van der Waals surface area (Å²) in [5, 5.41) is 6.30. The Morgan fingerprint density at radius 3 is 2.82 bits per heavy atom. The lowest BCUT2D eigenvalue weighted by molar-refractivity contribution is 0.0874. The van der Waals surface area contributed by atoms with Crippen LogP contribution < -0.4 is 10.6 Å². The minimum absolute atomic E-state index is 0.103. The van der Waals surface area contributed by atoms with E-state index in [1.165, 1.54) is 18.6 Å². The van der Waals surface area contributed by atoms with E-state index < -0.39 is 12.3 Å². The number of alkyl halides is 2. The van der Waals surface area contributed by atoms with E-state index in [9.17, 15) is 13.6 Å². The molecule has 146 valence electrons. The first-order valence-corrected chi connectivity index (χ1v) is 10.2. The molecule has 3 heterocycles. The Balaban J connectivity index is 1.44. The molecule has 1 aliphatic heterocycles. The number of rotatable bonds is 4. The van der Waals surface area contributed by atoms with Crippen LogP contribution in [-0.2, 0) is 0 Å². The fraction of sp³-hybridized carbons (Fsp3) is 0.400. The van der Waals surface area contributed by atoms with E-state index >= 15 is 0 Å². The lowest BCUT2D eigenvalue weighted by atomic mass is 9.65. The van der Waals surface area contributed by atoms with Crippen LogP contribution in [0.15, 0.2) is 36.4 Å². The molecule has 2 N–H and O–H groups in total. The molecule has 8 heteroatoms. The van der Waals surface area contributed by atoms with Gasteiger partial charge in [-0.05, 0) is 55.5 Å². The quantitative estimate of drug-likeness (QED) is 0.670. The van der Waals surface area contributed by atoms with Gasteiger partial charge in [0.05, 0.1) is 20.8 Å². The van der Waals surface area contributed by atoms with Crippen molar-refractivity contribution < 1.29 is 13.6 Å². The maximum Gasteiger partial charge on any atom is 0.272 e. The molecule has 1 spiro atoms. The molecule has 5 rings (SSSR count). The number of benzene rings is 1. The highest BCUT2D eigenvalue weighted by Gasteiger charge is 2.47. The number of nitrogens with zero attached hydrogens (tertiary/aromatic N) is 2. The SMILES string of the molecule is O=C(Nc1nc2ccccc2n1C1CC2(CCNC2)C1)c1ccc(C(F)F)s1. The van der Waals surface area contributed by atoms with Crippen molar-refractivity contribution in [3.8, 4) is 0 Å². The smallest absolute Gasteiger partial charge is 0.272 e. The normalized spacial score (nSPS) is 24.2. The number of thiophene rings is 1. The molecule has 2 aromatic heterocycles. The summed E-state index contributed by atoms with van der Waals surface area (Å²) < 4.78 is 27.8. The number of hydrogen-bond donors (Lipinski definition) is 2. The second-order valence-electron chi connectivity index (χ2n) is 7.74. The van der Waals surface area contributed by atoms with Crippen molar-refractivity contribution in [2.75, 3.05) is 18.4 Å². The van der Waals surface area contributed by atoms with Gasteiger partial charge in [-0.15, -0.1) is 11.3 Å². The minimum Gasteiger partial charge on any atom is -0.316 e. The zero-order chi connectivity index (χ0) is 19.3. The monoisotopic (exact) mass is 402 g/mol. The van der Waals surface area contributed by atoms with Crippen LogP contribution in [0.3, 0.4) is 0 Å². The summed E-state index contributed by atoms with van der Waals surface area (Å²) in [6, 6.07) is 10.8. The molecule has 0 atom stereocenters. The van der Waals surface area contributed by atoms with Gasteiger partial charge in [-0.25, -0.2) is 13.8 Å². The van der Waals surface area contributed by atoms with Crippen molar-refractivity contribution in [2.24, 2.45) is 5.41 Å². The van der Waals surface area contributed by atoms with Gasteiger partial charge in [-0.2, -0.15) is 0 Å². The Bertz CT molecular complexity index is 1030. The van der Waals surface area contributed by atoms with Crippen LogP contribution in [-0.4, -0.2) is 28.5 Å². The molecule has 1 saturated heterocycles. The average molecular weight is 402 g/mol. The second kappa shape index (κ2) is 6.63. The minimum atomic E-state index is -2.57. The molecule has 0 radical (unpaired) electrons. The summed E-state index contributed by atoms with van der Waals surface area (Å²) in [5.41, 5.74) is 2.17. The van der Waals surface area contributed by atoms with Crippen molar-refractivity contribution >= 4 is 34.2 Å². The fourth-order valence-corrected chi connectivity index (χ4v) is 5.28. The highest BCUT2D eigenvalue weighted by molar-refractivity contribution is 7.14. The molecular formula is C20H20F2N4OS. The molecule has 0 unspecified atom stereocenters. The zero-order valence-electron chi connectivity index (χ0n) is 15.1. The van der Waals surface area contributed by atoms with E-state index in [1.54, 1.807) is 0 Å². The summed E-state index contributed by atoms with van der Waals surface area (Å²) >= 11 is 0.817. The van der Waals surface area contributed by atoms with Gasteiger partial charge < -0.3 is 9.88 Å². The predicted octanol–water partition coefficient (Wildman–Crippen LogP) is 4.60. The lowest BCUT2D eigenvalue weighted by Gasteiger charge is -2.46. The highest BCUT2D eigenvalue weighted by atomic mass is 32.1. The number of fused-ring (bicyclic) bond motifs is 1. The summed E-state index contributed by atoms with van der Waals surface area (Å²) in [6.45, 7) is 2.11. The zero-order valence-corrected chi connectivity index (χ0v) is 15.9. The predicted molar refractivity (Wildman–Crippen MR) is 105 cm³/mol. The van der Waals surface area contributed by atoms with E-state index in [4.69, 9.17) is 0 Å². The molecule has 1 saturated carbocycles. The molecule has 3 aromatic rings. The van der Waals surface area contributed by atoms with E-state index in [0.717, 1.165) is 48.3 Å². The van der Waals surface area contributed by atoms with E-state index in [-0.39, 0.29) is 15.8 Å². The molecule has 28 heavy (non-hydrogen) atoms. The average Bonchev–Trinajstić information content (AvgIpc) is 3.38. The van der Waals surface area contributed by atoms with Crippen LogP contribution in [0.5, 0.6) is 0 Å². The molecule has 1 amide bonds. The van der Waals surface area contributed by atoms with Crippen LogP contribution in [0.2, 0.25) is 0 Å². The Labute approximate surface area is 164 Å². The van der Waals surface area contributed by atoms with E-state index in [2.05, 4.69) is 20.2 Å². The van der Waals surface area contributed by atoms with Gasteiger partial charge in [0.25, 0.3) is 12.3 Å². The first-order chi connectivity index (χ1) is 13.5. The van der Waals surface area contributed by atoms with Crippen LogP contribution in [0.4, 0.5) is 14.7 Å². The van der Waals surface area contributed by atoms with Crippen molar-refractivity contribution in [3.05, 3.63) is 46.2 Å². The van der Waals surface area contributed by atoms with Gasteiger partial charge in [0.15, 0.2) is 0 Å². The van der Waals surface area contributed by atoms with Crippen LogP contribution in [0.1, 0.15) is 46.3 Å².